The van der Waals surface area contributed by atoms with Crippen LogP contribution < -0.4 is 16.0 Å². The van der Waals surface area contributed by atoms with E-state index in [1.54, 1.807) is 47.1 Å². The van der Waals surface area contributed by atoms with Crippen LogP contribution in [0.4, 0.5) is 0 Å². The molecule has 0 aromatic carbocycles. The van der Waals surface area contributed by atoms with E-state index in [-0.39, 0.29) is 54.5 Å². The molecule has 6 atom stereocenters. The van der Waals surface area contributed by atoms with Gasteiger partial charge in [0, 0.05) is 34.4 Å². The summed E-state index contributed by atoms with van der Waals surface area (Å²) in [5, 5.41) is 8.72. The summed E-state index contributed by atoms with van der Waals surface area (Å²) in [4.78, 5) is 56.3. The zero-order chi connectivity index (χ0) is 34.4. The molecule has 2 aliphatic rings. The van der Waals surface area contributed by atoms with Gasteiger partial charge in [-0.3, -0.25) is 19.2 Å². The van der Waals surface area contributed by atoms with Crippen molar-refractivity contribution in [3.8, 4) is 0 Å². The van der Waals surface area contributed by atoms with Crippen molar-refractivity contribution in [1.82, 2.24) is 25.8 Å². The van der Waals surface area contributed by atoms with Crippen LogP contribution >= 0.6 is 0 Å². The molecule has 0 bridgehead atoms. The molecule has 260 valence electrons. The fourth-order valence-corrected chi connectivity index (χ4v) is 6.26. The number of rotatable bonds is 18. The molecular weight excluding hydrogens is 586 g/mol. The lowest BCUT2D eigenvalue weighted by Crippen LogP contribution is -2.56. The Hall–Kier alpha value is -3.02. The highest BCUT2D eigenvalue weighted by Crippen LogP contribution is 2.29. The molecule has 0 aromatic rings. The number of likely N-dealkylation sites (tertiary alicyclic amines) is 1. The molecular formula is C35H59N5O6. The second kappa shape index (κ2) is 19.0. The molecule has 1 fully saturated rings. The number of carbonyl (C=O) groups excluding carboxylic acids is 4. The number of likely N-dealkylation sites (N-methyl/N-ethyl adjacent to an activating group) is 2. The van der Waals surface area contributed by atoms with Crippen LogP contribution in [0.15, 0.2) is 36.5 Å². The quantitative estimate of drug-likeness (QED) is 0.209. The maximum absolute atomic E-state index is 13.9. The van der Waals surface area contributed by atoms with Crippen LogP contribution in [-0.2, 0) is 28.7 Å². The molecule has 11 nitrogen and oxygen atoms in total. The van der Waals surface area contributed by atoms with E-state index in [1.807, 2.05) is 50.0 Å². The molecule has 1 aliphatic carbocycles. The molecule has 3 N–H and O–H groups in total. The van der Waals surface area contributed by atoms with Gasteiger partial charge in [-0.25, -0.2) is 0 Å². The van der Waals surface area contributed by atoms with Gasteiger partial charge >= 0.3 is 0 Å². The Bertz CT molecular complexity index is 1090. The summed E-state index contributed by atoms with van der Waals surface area (Å²) in [7, 11) is 6.55. The maximum Gasteiger partial charge on any atom is 0.242 e. The monoisotopic (exact) mass is 645 g/mol. The lowest BCUT2D eigenvalue weighted by atomic mass is 9.90. The van der Waals surface area contributed by atoms with E-state index < -0.39 is 29.7 Å². The first-order valence-electron chi connectivity index (χ1n) is 16.7. The third-order valence-corrected chi connectivity index (χ3v) is 9.72. The standard InChI is InChI=1S/C35H59N5O6/c1-10-24(2)31(39(7)30(42)23-38-34(44)35(4,5)36-6)28(45-8)22-29(41)40-21-15-18-27(40)32(46-9)25(3)33(43)37-20-19-26-16-13-11-12-14-17-26/h11-14,16-17,24-28,31-32,36H,10,15,18-23H2,1-9H3,(H,37,43)(H,38,44). The van der Waals surface area contributed by atoms with Crippen molar-refractivity contribution in [3.63, 3.8) is 0 Å². The van der Waals surface area contributed by atoms with Crippen molar-refractivity contribution in [2.75, 3.05) is 47.9 Å². The van der Waals surface area contributed by atoms with Crippen LogP contribution in [0, 0.1) is 17.8 Å². The van der Waals surface area contributed by atoms with Crippen LogP contribution in [0.25, 0.3) is 0 Å². The average Bonchev–Trinajstić information content (AvgIpc) is 3.38. The molecule has 0 spiro atoms. The summed E-state index contributed by atoms with van der Waals surface area (Å²) in [6, 6.07) is -0.639. The predicted molar refractivity (Wildman–Crippen MR) is 181 cm³/mol. The van der Waals surface area contributed by atoms with Crippen LogP contribution in [0.3, 0.4) is 0 Å². The highest BCUT2D eigenvalue weighted by molar-refractivity contribution is 5.89. The second-order valence-electron chi connectivity index (χ2n) is 13.1. The lowest BCUT2D eigenvalue weighted by molar-refractivity contribution is -0.145. The Morgan fingerprint density at radius 3 is 2.24 bits per heavy atom. The molecule has 11 heteroatoms. The third kappa shape index (κ3) is 10.8. The summed E-state index contributed by atoms with van der Waals surface area (Å²) >= 11 is 0. The Labute approximate surface area is 276 Å². The van der Waals surface area contributed by atoms with E-state index in [0.29, 0.717) is 13.1 Å². The minimum absolute atomic E-state index is 0.0289. The number of hydrogen-bond acceptors (Lipinski definition) is 7. The molecule has 0 aromatic heterocycles. The fourth-order valence-electron chi connectivity index (χ4n) is 6.26. The van der Waals surface area contributed by atoms with Crippen molar-refractivity contribution in [2.45, 2.75) is 96.6 Å². The maximum atomic E-state index is 13.9. The van der Waals surface area contributed by atoms with E-state index in [2.05, 4.69) is 28.1 Å². The topological polar surface area (TPSA) is 129 Å². The van der Waals surface area contributed by atoms with E-state index >= 15 is 0 Å². The molecule has 1 saturated heterocycles. The second-order valence-corrected chi connectivity index (χ2v) is 13.1. The lowest BCUT2D eigenvalue weighted by Gasteiger charge is -2.39. The SMILES string of the molecule is CCC(C)C(C(CC(=O)N1CCCC1C(OC)C(C)C(=O)NCCC1C=CC=CC=C1)OC)N(C)C(=O)CNC(=O)C(C)(C)NC. The van der Waals surface area contributed by atoms with E-state index in [0.717, 1.165) is 25.7 Å². The highest BCUT2D eigenvalue weighted by Gasteiger charge is 2.42. The van der Waals surface area contributed by atoms with Gasteiger partial charge in [0.25, 0.3) is 0 Å². The first-order valence-corrected chi connectivity index (χ1v) is 16.7. The number of methoxy groups -OCH3 is 2. The predicted octanol–water partition coefficient (Wildman–Crippen LogP) is 2.83. The van der Waals surface area contributed by atoms with Crippen LogP contribution in [0.2, 0.25) is 0 Å². The van der Waals surface area contributed by atoms with Crippen molar-refractivity contribution in [1.29, 1.82) is 0 Å². The number of allylic oxidation sites excluding steroid dienone is 6. The van der Waals surface area contributed by atoms with E-state index in [9.17, 15) is 19.2 Å². The van der Waals surface area contributed by atoms with Gasteiger partial charge in [-0.05, 0) is 52.0 Å². The zero-order valence-electron chi connectivity index (χ0n) is 29.5. The molecule has 4 amide bonds. The minimum Gasteiger partial charge on any atom is -0.379 e. The Balaban J connectivity index is 2.08. The smallest absolute Gasteiger partial charge is 0.242 e. The Morgan fingerprint density at radius 2 is 1.67 bits per heavy atom. The van der Waals surface area contributed by atoms with Crippen LogP contribution in [0.5, 0.6) is 0 Å². The van der Waals surface area contributed by atoms with Crippen molar-refractivity contribution in [2.24, 2.45) is 17.8 Å². The number of carbonyl (C=O) groups is 4. The average molecular weight is 646 g/mol. The number of ether oxygens (including phenoxy) is 2. The van der Waals surface area contributed by atoms with Crippen molar-refractivity contribution < 1.29 is 28.7 Å². The van der Waals surface area contributed by atoms with Gasteiger partial charge in [0.1, 0.15) is 0 Å². The van der Waals surface area contributed by atoms with Crippen molar-refractivity contribution >= 4 is 23.6 Å². The normalized spacial score (nSPS) is 20.0. The van der Waals surface area contributed by atoms with Gasteiger partial charge in [-0.2, -0.15) is 0 Å². The molecule has 2 rings (SSSR count). The van der Waals surface area contributed by atoms with E-state index in [4.69, 9.17) is 9.47 Å². The molecule has 46 heavy (non-hydrogen) atoms. The Kier molecular flexibility index (Phi) is 16.1. The first kappa shape index (κ1) is 39.2. The van der Waals surface area contributed by atoms with Crippen LogP contribution in [-0.4, -0.2) is 111 Å². The highest BCUT2D eigenvalue weighted by atomic mass is 16.5. The fraction of sp³-hybridized carbons (Fsp3) is 0.714. The molecule has 1 heterocycles. The minimum atomic E-state index is -0.817. The Morgan fingerprint density at radius 1 is 1.02 bits per heavy atom. The van der Waals surface area contributed by atoms with E-state index in [1.165, 1.54) is 0 Å². The molecule has 0 saturated carbocycles. The van der Waals surface area contributed by atoms with Gasteiger partial charge in [-0.15, -0.1) is 0 Å². The van der Waals surface area contributed by atoms with Gasteiger partial charge in [-0.1, -0.05) is 63.6 Å². The molecule has 1 aliphatic heterocycles. The summed E-state index contributed by atoms with van der Waals surface area (Å²) in [5.74, 6) is -0.896. The van der Waals surface area contributed by atoms with Crippen LogP contribution in [0.1, 0.15) is 66.7 Å². The number of amides is 4. The summed E-state index contributed by atoms with van der Waals surface area (Å²) in [5.41, 5.74) is -0.817. The summed E-state index contributed by atoms with van der Waals surface area (Å²) in [6.07, 6.45) is 14.4. The number of nitrogens with one attached hydrogen (secondary N) is 3. The molecule has 6 unspecified atom stereocenters. The largest absolute Gasteiger partial charge is 0.379 e. The van der Waals surface area contributed by atoms with Crippen molar-refractivity contribution in [3.05, 3.63) is 36.5 Å². The summed E-state index contributed by atoms with van der Waals surface area (Å²) < 4.78 is 11.8. The van der Waals surface area contributed by atoms with Gasteiger partial charge < -0.3 is 35.2 Å². The van der Waals surface area contributed by atoms with Gasteiger partial charge in [0.05, 0.1) is 48.7 Å². The number of nitrogens with zero attached hydrogens (tertiary/aromatic N) is 2. The van der Waals surface area contributed by atoms with Gasteiger partial charge in [0.15, 0.2) is 0 Å². The summed E-state index contributed by atoms with van der Waals surface area (Å²) in [6.45, 7) is 10.4. The first-order chi connectivity index (χ1) is 21.8. The zero-order valence-corrected chi connectivity index (χ0v) is 29.5. The third-order valence-electron chi connectivity index (χ3n) is 9.72. The van der Waals surface area contributed by atoms with Gasteiger partial charge in [0.2, 0.25) is 23.6 Å². The molecule has 0 radical (unpaired) electrons. The number of hydrogen-bond donors (Lipinski definition) is 3.